The monoisotopic (exact) mass is 367 g/mol. The molecule has 0 aromatic heterocycles. The standard InChI is InChI=1S/C23H17N3O2/c27-23(28)19-9-3-4-10-20(19)25-26-22-12-6-5-11-21(22)24-18-14-13-16-7-1-2-8-17(16)15-18/h1-15,24H,(H,27,28). The Morgan fingerprint density at radius 3 is 2.18 bits per heavy atom. The molecule has 0 bridgehead atoms. The summed E-state index contributed by atoms with van der Waals surface area (Å²) in [7, 11) is 0. The van der Waals surface area contributed by atoms with Gasteiger partial charge >= 0.3 is 5.97 Å². The minimum absolute atomic E-state index is 0.117. The summed E-state index contributed by atoms with van der Waals surface area (Å²) >= 11 is 0. The van der Waals surface area contributed by atoms with E-state index in [1.165, 1.54) is 11.5 Å². The molecule has 4 aromatic rings. The Labute approximate surface area is 162 Å². The zero-order valence-corrected chi connectivity index (χ0v) is 14.9. The van der Waals surface area contributed by atoms with E-state index in [-0.39, 0.29) is 5.56 Å². The third kappa shape index (κ3) is 3.73. The first kappa shape index (κ1) is 17.4. The van der Waals surface area contributed by atoms with Crippen LogP contribution in [0.5, 0.6) is 0 Å². The van der Waals surface area contributed by atoms with E-state index < -0.39 is 5.97 Å². The fraction of sp³-hybridized carbons (Fsp3) is 0. The normalized spacial score (nSPS) is 11.0. The number of fused-ring (bicyclic) bond motifs is 1. The van der Waals surface area contributed by atoms with Gasteiger partial charge in [0.25, 0.3) is 0 Å². The summed E-state index contributed by atoms with van der Waals surface area (Å²) in [6.45, 7) is 0. The van der Waals surface area contributed by atoms with Gasteiger partial charge in [0.1, 0.15) is 11.4 Å². The molecule has 0 atom stereocenters. The van der Waals surface area contributed by atoms with Crippen LogP contribution in [-0.4, -0.2) is 11.1 Å². The van der Waals surface area contributed by atoms with Crippen molar-refractivity contribution in [2.45, 2.75) is 0 Å². The highest BCUT2D eigenvalue weighted by atomic mass is 16.4. The molecule has 0 radical (unpaired) electrons. The number of carboxylic acids is 1. The quantitative estimate of drug-likeness (QED) is 0.386. The fourth-order valence-corrected chi connectivity index (χ4v) is 2.94. The van der Waals surface area contributed by atoms with E-state index in [2.05, 4.69) is 39.8 Å². The molecule has 0 aliphatic rings. The van der Waals surface area contributed by atoms with Crippen LogP contribution in [0, 0.1) is 0 Å². The van der Waals surface area contributed by atoms with E-state index >= 15 is 0 Å². The summed E-state index contributed by atoms with van der Waals surface area (Å²) in [5, 5.41) is 23.4. The number of carbonyl (C=O) groups is 1. The Bertz CT molecular complexity index is 1190. The zero-order valence-electron chi connectivity index (χ0n) is 14.9. The number of anilines is 2. The van der Waals surface area contributed by atoms with Gasteiger partial charge in [-0.05, 0) is 47.2 Å². The van der Waals surface area contributed by atoms with E-state index in [4.69, 9.17) is 0 Å². The van der Waals surface area contributed by atoms with E-state index in [0.717, 1.165) is 16.8 Å². The van der Waals surface area contributed by atoms with Crippen molar-refractivity contribution in [2.24, 2.45) is 10.2 Å². The van der Waals surface area contributed by atoms with Crippen molar-refractivity contribution < 1.29 is 9.90 Å². The van der Waals surface area contributed by atoms with Crippen molar-refractivity contribution in [1.29, 1.82) is 0 Å². The van der Waals surface area contributed by atoms with Gasteiger partial charge in [0.05, 0.1) is 11.3 Å². The highest BCUT2D eigenvalue weighted by molar-refractivity contribution is 5.93. The van der Waals surface area contributed by atoms with Gasteiger partial charge in [-0.1, -0.05) is 54.6 Å². The zero-order chi connectivity index (χ0) is 19.3. The van der Waals surface area contributed by atoms with Crippen molar-refractivity contribution in [3.8, 4) is 0 Å². The Kier molecular flexibility index (Phi) is 4.80. The number of hydrogen-bond donors (Lipinski definition) is 2. The third-order valence-corrected chi connectivity index (χ3v) is 4.33. The lowest BCUT2D eigenvalue weighted by Gasteiger charge is -2.10. The molecule has 5 nitrogen and oxygen atoms in total. The lowest BCUT2D eigenvalue weighted by atomic mass is 10.1. The van der Waals surface area contributed by atoms with Crippen LogP contribution in [0.15, 0.2) is 101 Å². The largest absolute Gasteiger partial charge is 0.478 e. The average molecular weight is 367 g/mol. The van der Waals surface area contributed by atoms with E-state index in [1.54, 1.807) is 18.2 Å². The maximum Gasteiger partial charge on any atom is 0.337 e. The molecule has 4 rings (SSSR count). The predicted molar refractivity (Wildman–Crippen MR) is 111 cm³/mol. The summed E-state index contributed by atoms with van der Waals surface area (Å²) in [5.41, 5.74) is 2.78. The molecule has 0 unspecified atom stereocenters. The molecular weight excluding hydrogens is 350 g/mol. The van der Waals surface area contributed by atoms with Gasteiger partial charge in [0, 0.05) is 5.69 Å². The van der Waals surface area contributed by atoms with E-state index in [1.807, 2.05) is 42.5 Å². The number of nitrogens with zero attached hydrogens (tertiary/aromatic N) is 2. The molecule has 0 saturated carbocycles. The Morgan fingerprint density at radius 2 is 1.36 bits per heavy atom. The number of aromatic carboxylic acids is 1. The maximum absolute atomic E-state index is 11.3. The number of benzene rings is 4. The van der Waals surface area contributed by atoms with Gasteiger partial charge in [-0.3, -0.25) is 0 Å². The Balaban J connectivity index is 1.64. The van der Waals surface area contributed by atoms with Gasteiger partial charge in [0.15, 0.2) is 0 Å². The average Bonchev–Trinajstić information content (AvgIpc) is 2.73. The Hall–Kier alpha value is -3.99. The first-order chi connectivity index (χ1) is 13.7. The van der Waals surface area contributed by atoms with Gasteiger partial charge in [-0.25, -0.2) is 4.79 Å². The number of azo groups is 1. The molecule has 4 aromatic carbocycles. The van der Waals surface area contributed by atoms with Crippen LogP contribution in [0.3, 0.4) is 0 Å². The predicted octanol–water partition coefficient (Wildman–Crippen LogP) is 6.70. The molecule has 0 fully saturated rings. The lowest BCUT2D eigenvalue weighted by Crippen LogP contribution is -1.95. The first-order valence-electron chi connectivity index (χ1n) is 8.80. The molecule has 0 amide bonds. The van der Waals surface area contributed by atoms with Gasteiger partial charge < -0.3 is 10.4 Å². The van der Waals surface area contributed by atoms with Crippen molar-refractivity contribution in [3.63, 3.8) is 0 Å². The van der Waals surface area contributed by atoms with E-state index in [0.29, 0.717) is 11.4 Å². The number of nitrogens with one attached hydrogen (secondary N) is 1. The Morgan fingerprint density at radius 1 is 0.714 bits per heavy atom. The van der Waals surface area contributed by atoms with Crippen molar-refractivity contribution in [1.82, 2.24) is 0 Å². The second-order valence-electron chi connectivity index (χ2n) is 6.23. The van der Waals surface area contributed by atoms with Crippen LogP contribution in [0.1, 0.15) is 10.4 Å². The maximum atomic E-state index is 11.3. The molecule has 0 saturated heterocycles. The van der Waals surface area contributed by atoms with Gasteiger partial charge in [-0.15, -0.1) is 10.2 Å². The van der Waals surface area contributed by atoms with Crippen LogP contribution in [0.2, 0.25) is 0 Å². The highest BCUT2D eigenvalue weighted by Gasteiger charge is 2.08. The summed E-state index contributed by atoms with van der Waals surface area (Å²) in [6.07, 6.45) is 0. The van der Waals surface area contributed by atoms with Crippen molar-refractivity contribution in [2.75, 3.05) is 5.32 Å². The molecule has 28 heavy (non-hydrogen) atoms. The molecule has 0 aliphatic carbocycles. The van der Waals surface area contributed by atoms with E-state index in [9.17, 15) is 9.90 Å². The molecule has 136 valence electrons. The SMILES string of the molecule is O=C(O)c1ccccc1N=Nc1ccccc1Nc1ccc2ccccc2c1. The number of hydrogen-bond acceptors (Lipinski definition) is 4. The van der Waals surface area contributed by atoms with Crippen LogP contribution < -0.4 is 5.32 Å². The second kappa shape index (κ2) is 7.72. The van der Waals surface area contributed by atoms with Crippen LogP contribution in [0.4, 0.5) is 22.7 Å². The number of carboxylic acid groups (broad SMARTS) is 1. The fourth-order valence-electron chi connectivity index (χ4n) is 2.94. The highest BCUT2D eigenvalue weighted by Crippen LogP contribution is 2.31. The van der Waals surface area contributed by atoms with Crippen molar-refractivity contribution in [3.05, 3.63) is 96.6 Å². The van der Waals surface area contributed by atoms with Gasteiger partial charge in [-0.2, -0.15) is 0 Å². The summed E-state index contributed by atoms with van der Waals surface area (Å²) in [5.74, 6) is -1.03. The number of para-hydroxylation sites is 1. The smallest absolute Gasteiger partial charge is 0.337 e. The summed E-state index contributed by atoms with van der Waals surface area (Å²) in [6, 6.07) is 28.4. The second-order valence-corrected chi connectivity index (χ2v) is 6.23. The summed E-state index contributed by atoms with van der Waals surface area (Å²) in [4.78, 5) is 11.3. The van der Waals surface area contributed by atoms with Crippen molar-refractivity contribution >= 4 is 39.5 Å². The van der Waals surface area contributed by atoms with Crippen LogP contribution in [0.25, 0.3) is 10.8 Å². The molecule has 0 spiro atoms. The van der Waals surface area contributed by atoms with Crippen LogP contribution in [-0.2, 0) is 0 Å². The number of rotatable bonds is 5. The topological polar surface area (TPSA) is 74.0 Å². The van der Waals surface area contributed by atoms with Crippen LogP contribution >= 0.6 is 0 Å². The third-order valence-electron chi connectivity index (χ3n) is 4.33. The minimum Gasteiger partial charge on any atom is -0.478 e. The minimum atomic E-state index is -1.03. The molecule has 5 heteroatoms. The first-order valence-corrected chi connectivity index (χ1v) is 8.80. The summed E-state index contributed by atoms with van der Waals surface area (Å²) < 4.78 is 0. The van der Waals surface area contributed by atoms with Gasteiger partial charge in [0.2, 0.25) is 0 Å². The molecular formula is C23H17N3O2. The molecule has 2 N–H and O–H groups in total. The lowest BCUT2D eigenvalue weighted by molar-refractivity contribution is 0.0697. The molecule has 0 heterocycles. The molecule has 0 aliphatic heterocycles.